The number of sulfonamides is 1. The van der Waals surface area contributed by atoms with E-state index in [-0.39, 0.29) is 11.5 Å². The van der Waals surface area contributed by atoms with E-state index in [1.807, 2.05) is 12.1 Å². The molecule has 2 rings (SSSR count). The molecular weight excluding hydrogens is 284 g/mol. The van der Waals surface area contributed by atoms with Crippen molar-refractivity contribution in [1.82, 2.24) is 10.0 Å². The minimum absolute atomic E-state index is 0.0698. The van der Waals surface area contributed by atoms with Crippen molar-refractivity contribution in [2.24, 2.45) is 5.41 Å². The highest BCUT2D eigenvalue weighted by Gasteiger charge is 2.47. The van der Waals surface area contributed by atoms with E-state index in [1.54, 1.807) is 12.1 Å². The molecule has 0 bridgehead atoms. The average molecular weight is 310 g/mol. The Hall–Kier alpha value is -0.910. The predicted molar refractivity (Wildman–Crippen MR) is 85.8 cm³/mol. The van der Waals surface area contributed by atoms with Crippen molar-refractivity contribution in [2.45, 2.75) is 51.0 Å². The van der Waals surface area contributed by atoms with Crippen molar-refractivity contribution >= 4 is 10.0 Å². The lowest BCUT2D eigenvalue weighted by Crippen LogP contribution is -2.28. The van der Waals surface area contributed by atoms with Gasteiger partial charge < -0.3 is 5.32 Å². The Kier molecular flexibility index (Phi) is 5.07. The van der Waals surface area contributed by atoms with Gasteiger partial charge in [0.1, 0.15) is 0 Å². The molecule has 0 spiro atoms. The molecule has 0 saturated heterocycles. The third kappa shape index (κ3) is 4.53. The normalized spacial score (nSPS) is 20.4. The van der Waals surface area contributed by atoms with Gasteiger partial charge in [0.05, 0.1) is 4.90 Å². The molecule has 2 N–H and O–H groups in total. The molecule has 1 saturated carbocycles. The second kappa shape index (κ2) is 6.46. The summed E-state index contributed by atoms with van der Waals surface area (Å²) in [7, 11) is -3.38. The van der Waals surface area contributed by atoms with E-state index in [1.165, 1.54) is 0 Å². The fourth-order valence-electron chi connectivity index (χ4n) is 2.29. The Morgan fingerprint density at radius 2 is 1.81 bits per heavy atom. The zero-order valence-corrected chi connectivity index (χ0v) is 14.0. The lowest BCUT2D eigenvalue weighted by Gasteiger charge is -2.09. The molecule has 0 heterocycles. The van der Waals surface area contributed by atoms with Crippen LogP contribution >= 0.6 is 0 Å². The minimum Gasteiger partial charge on any atom is -0.316 e. The molecule has 1 fully saturated rings. The van der Waals surface area contributed by atoms with E-state index in [0.29, 0.717) is 4.90 Å². The first kappa shape index (κ1) is 16.5. The van der Waals surface area contributed by atoms with Gasteiger partial charge in [-0.3, -0.25) is 0 Å². The van der Waals surface area contributed by atoms with Gasteiger partial charge in [0.2, 0.25) is 10.0 Å². The van der Waals surface area contributed by atoms with Gasteiger partial charge >= 0.3 is 0 Å². The quantitative estimate of drug-likeness (QED) is 0.724. The van der Waals surface area contributed by atoms with Crippen LogP contribution in [0.15, 0.2) is 29.2 Å². The van der Waals surface area contributed by atoms with E-state index in [4.69, 9.17) is 0 Å². The second-order valence-corrected chi connectivity index (χ2v) is 8.22. The third-order valence-corrected chi connectivity index (χ3v) is 5.55. The summed E-state index contributed by atoms with van der Waals surface area (Å²) in [6, 6.07) is 7.28. The van der Waals surface area contributed by atoms with E-state index in [2.05, 4.69) is 30.8 Å². The van der Waals surface area contributed by atoms with Gasteiger partial charge in [0.25, 0.3) is 0 Å². The van der Waals surface area contributed by atoms with E-state index >= 15 is 0 Å². The summed E-state index contributed by atoms with van der Waals surface area (Å²) in [5, 5.41) is 3.34. The number of nitrogens with one attached hydrogen (secondary N) is 2. The Morgan fingerprint density at radius 1 is 1.19 bits per heavy atom. The zero-order valence-electron chi connectivity index (χ0n) is 13.1. The Labute approximate surface area is 128 Å². The summed E-state index contributed by atoms with van der Waals surface area (Å²) < 4.78 is 27.3. The average Bonchev–Trinajstić information content (AvgIpc) is 3.01. The molecule has 0 radical (unpaired) electrons. The molecule has 21 heavy (non-hydrogen) atoms. The highest BCUT2D eigenvalue weighted by Crippen LogP contribution is 2.45. The monoisotopic (exact) mass is 310 g/mol. The third-order valence-electron chi connectivity index (χ3n) is 4.06. The van der Waals surface area contributed by atoms with Crippen molar-refractivity contribution in [3.05, 3.63) is 29.8 Å². The van der Waals surface area contributed by atoms with Crippen LogP contribution in [0.3, 0.4) is 0 Å². The number of benzene rings is 1. The van der Waals surface area contributed by atoms with Crippen LogP contribution in [0.2, 0.25) is 0 Å². The highest BCUT2D eigenvalue weighted by molar-refractivity contribution is 7.89. The van der Waals surface area contributed by atoms with Crippen LogP contribution in [0, 0.1) is 5.41 Å². The SMILES string of the molecule is CCCNCCc1ccc(S(=O)(=O)NC2CC2(C)C)cc1. The van der Waals surface area contributed by atoms with Crippen molar-refractivity contribution in [3.63, 3.8) is 0 Å². The zero-order chi connectivity index (χ0) is 15.5. The summed E-state index contributed by atoms with van der Waals surface area (Å²) in [4.78, 5) is 0.357. The molecule has 1 aliphatic carbocycles. The first-order chi connectivity index (χ1) is 9.85. The summed E-state index contributed by atoms with van der Waals surface area (Å²) in [5.74, 6) is 0. The van der Waals surface area contributed by atoms with Crippen LogP contribution in [-0.4, -0.2) is 27.5 Å². The number of hydrogen-bond donors (Lipinski definition) is 2. The lowest BCUT2D eigenvalue weighted by molar-refractivity contribution is 0.555. The maximum atomic E-state index is 12.3. The molecule has 118 valence electrons. The molecule has 1 aliphatic rings. The summed E-state index contributed by atoms with van der Waals surface area (Å²) >= 11 is 0. The fraction of sp³-hybridized carbons (Fsp3) is 0.625. The minimum atomic E-state index is -3.38. The summed E-state index contributed by atoms with van der Waals surface area (Å²) in [5.41, 5.74) is 1.25. The number of rotatable bonds is 8. The van der Waals surface area contributed by atoms with Crippen LogP contribution in [0.25, 0.3) is 0 Å². The predicted octanol–water partition coefficient (Wildman–Crippen LogP) is 2.31. The van der Waals surface area contributed by atoms with E-state index in [9.17, 15) is 8.42 Å². The van der Waals surface area contributed by atoms with Crippen LogP contribution in [0.4, 0.5) is 0 Å². The molecule has 1 unspecified atom stereocenters. The smallest absolute Gasteiger partial charge is 0.240 e. The van der Waals surface area contributed by atoms with Gasteiger partial charge in [-0.2, -0.15) is 0 Å². The van der Waals surface area contributed by atoms with Crippen LogP contribution in [0.5, 0.6) is 0 Å². The first-order valence-electron chi connectivity index (χ1n) is 7.67. The highest BCUT2D eigenvalue weighted by atomic mass is 32.2. The molecule has 0 amide bonds. The van der Waals surface area contributed by atoms with Gasteiger partial charge in [0, 0.05) is 6.04 Å². The summed E-state index contributed by atoms with van der Waals surface area (Å²) in [6.07, 6.45) is 2.96. The van der Waals surface area contributed by atoms with Crippen molar-refractivity contribution < 1.29 is 8.42 Å². The van der Waals surface area contributed by atoms with Gasteiger partial charge in [-0.15, -0.1) is 0 Å². The first-order valence-corrected chi connectivity index (χ1v) is 9.15. The van der Waals surface area contributed by atoms with Gasteiger partial charge in [0.15, 0.2) is 0 Å². The summed E-state index contributed by atoms with van der Waals surface area (Å²) in [6.45, 7) is 8.24. The lowest BCUT2D eigenvalue weighted by atomic mass is 10.1. The standard InChI is InChI=1S/C16H26N2O2S/c1-4-10-17-11-9-13-5-7-14(8-6-13)21(19,20)18-15-12-16(15,2)3/h5-8,15,17-18H,4,9-12H2,1-3H3. The largest absolute Gasteiger partial charge is 0.316 e. The van der Waals surface area contributed by atoms with Crippen LogP contribution < -0.4 is 10.0 Å². The molecule has 1 atom stereocenters. The van der Waals surface area contributed by atoms with Gasteiger partial charge in [-0.25, -0.2) is 13.1 Å². The molecule has 5 heteroatoms. The van der Waals surface area contributed by atoms with E-state index in [0.717, 1.165) is 37.9 Å². The Morgan fingerprint density at radius 3 is 2.33 bits per heavy atom. The van der Waals surface area contributed by atoms with Crippen LogP contribution in [-0.2, 0) is 16.4 Å². The molecule has 4 nitrogen and oxygen atoms in total. The fourth-order valence-corrected chi connectivity index (χ4v) is 3.70. The van der Waals surface area contributed by atoms with Gasteiger partial charge in [-0.05, 0) is 55.5 Å². The second-order valence-electron chi connectivity index (χ2n) is 6.51. The maximum Gasteiger partial charge on any atom is 0.240 e. The van der Waals surface area contributed by atoms with E-state index < -0.39 is 10.0 Å². The topological polar surface area (TPSA) is 58.2 Å². The van der Waals surface area contributed by atoms with Crippen molar-refractivity contribution in [3.8, 4) is 0 Å². The number of hydrogen-bond acceptors (Lipinski definition) is 3. The Bertz CT molecular complexity index is 564. The molecule has 0 aromatic heterocycles. The Balaban J connectivity index is 1.92. The molecule has 1 aromatic carbocycles. The maximum absolute atomic E-state index is 12.3. The molecular formula is C16H26N2O2S. The van der Waals surface area contributed by atoms with Crippen LogP contribution in [0.1, 0.15) is 39.2 Å². The van der Waals surface area contributed by atoms with Crippen molar-refractivity contribution in [2.75, 3.05) is 13.1 Å². The van der Waals surface area contributed by atoms with Crippen molar-refractivity contribution in [1.29, 1.82) is 0 Å². The molecule has 0 aliphatic heterocycles. The van der Waals surface area contributed by atoms with Gasteiger partial charge in [-0.1, -0.05) is 32.9 Å². The molecule has 1 aromatic rings.